The molecule has 2 atom stereocenters. The Morgan fingerprint density at radius 3 is 2.87 bits per heavy atom. The summed E-state index contributed by atoms with van der Waals surface area (Å²) < 4.78 is 0. The number of rotatable bonds is 4. The van der Waals surface area contributed by atoms with Gasteiger partial charge in [-0.15, -0.1) is 0 Å². The Balaban J connectivity index is 2.54. The van der Waals surface area contributed by atoms with Gasteiger partial charge in [0, 0.05) is 18.9 Å². The van der Waals surface area contributed by atoms with Gasteiger partial charge in [-0.25, -0.2) is 0 Å². The van der Waals surface area contributed by atoms with Crippen LogP contribution in [0.4, 0.5) is 0 Å². The molecular formula is C11H16N2O2. The van der Waals surface area contributed by atoms with E-state index >= 15 is 0 Å². The Labute approximate surface area is 89.3 Å². The number of nitrogens with one attached hydrogen (secondary N) is 1. The van der Waals surface area contributed by atoms with Crippen molar-refractivity contribution in [3.05, 3.63) is 30.1 Å². The summed E-state index contributed by atoms with van der Waals surface area (Å²) in [6.07, 6.45) is 2.83. The minimum absolute atomic E-state index is 0.0936. The zero-order chi connectivity index (χ0) is 11.3. The molecule has 1 aromatic rings. The van der Waals surface area contributed by atoms with Crippen LogP contribution in [0, 0.1) is 0 Å². The van der Waals surface area contributed by atoms with Gasteiger partial charge in [0.2, 0.25) is 5.91 Å². The predicted molar refractivity (Wildman–Crippen MR) is 57.3 cm³/mol. The summed E-state index contributed by atoms with van der Waals surface area (Å²) in [4.78, 5) is 15.6. The summed E-state index contributed by atoms with van der Waals surface area (Å²) in [7, 11) is 0. The first kappa shape index (κ1) is 11.7. The lowest BCUT2D eigenvalue weighted by Gasteiger charge is -2.12. The zero-order valence-corrected chi connectivity index (χ0v) is 8.97. The Hall–Kier alpha value is -1.42. The number of aromatic nitrogens is 1. The second-order valence-electron chi connectivity index (χ2n) is 3.60. The van der Waals surface area contributed by atoms with Crippen molar-refractivity contribution in [2.45, 2.75) is 25.9 Å². The molecule has 15 heavy (non-hydrogen) atoms. The number of nitrogens with zero attached hydrogens (tertiary/aromatic N) is 1. The van der Waals surface area contributed by atoms with Crippen molar-refractivity contribution < 1.29 is 9.90 Å². The van der Waals surface area contributed by atoms with Crippen LogP contribution in [0.1, 0.15) is 25.3 Å². The molecule has 0 bridgehead atoms. The van der Waals surface area contributed by atoms with Crippen LogP contribution in [0.15, 0.2) is 24.5 Å². The molecule has 1 amide bonds. The van der Waals surface area contributed by atoms with Crippen LogP contribution in [0.5, 0.6) is 0 Å². The molecule has 4 heteroatoms. The molecule has 0 spiro atoms. The first-order valence-electron chi connectivity index (χ1n) is 4.97. The molecule has 0 aromatic carbocycles. The highest BCUT2D eigenvalue weighted by Gasteiger charge is 2.14. The van der Waals surface area contributed by atoms with Crippen molar-refractivity contribution in [3.63, 3.8) is 0 Å². The lowest BCUT2D eigenvalue weighted by atomic mass is 10.0. The monoisotopic (exact) mass is 208 g/mol. The van der Waals surface area contributed by atoms with Crippen molar-refractivity contribution in [2.75, 3.05) is 6.54 Å². The van der Waals surface area contributed by atoms with Crippen molar-refractivity contribution in [3.8, 4) is 0 Å². The third-order valence-electron chi connectivity index (χ3n) is 2.15. The van der Waals surface area contributed by atoms with E-state index in [9.17, 15) is 4.79 Å². The molecule has 0 fully saturated rings. The fourth-order valence-electron chi connectivity index (χ4n) is 1.18. The second kappa shape index (κ2) is 5.46. The van der Waals surface area contributed by atoms with Gasteiger partial charge in [-0.2, -0.15) is 0 Å². The molecule has 1 heterocycles. The molecule has 2 unspecified atom stereocenters. The average Bonchev–Trinajstić information content (AvgIpc) is 2.26. The molecule has 4 nitrogen and oxygen atoms in total. The highest BCUT2D eigenvalue weighted by molar-refractivity contribution is 5.83. The van der Waals surface area contributed by atoms with Gasteiger partial charge in [0.1, 0.15) is 0 Å². The summed E-state index contributed by atoms with van der Waals surface area (Å²) in [5, 5.41) is 11.7. The number of hydrogen-bond acceptors (Lipinski definition) is 3. The third-order valence-corrected chi connectivity index (χ3v) is 2.15. The van der Waals surface area contributed by atoms with Crippen molar-refractivity contribution in [1.29, 1.82) is 0 Å². The van der Waals surface area contributed by atoms with E-state index in [-0.39, 0.29) is 18.4 Å². The quantitative estimate of drug-likeness (QED) is 0.765. The van der Waals surface area contributed by atoms with Gasteiger partial charge in [0.25, 0.3) is 0 Å². The van der Waals surface area contributed by atoms with E-state index in [2.05, 4.69) is 10.3 Å². The fourth-order valence-corrected chi connectivity index (χ4v) is 1.18. The molecule has 2 N–H and O–H groups in total. The van der Waals surface area contributed by atoms with Crippen LogP contribution < -0.4 is 5.32 Å². The molecule has 1 rings (SSSR count). The van der Waals surface area contributed by atoms with E-state index in [0.717, 1.165) is 5.56 Å². The number of carbonyl (C=O) groups excluding carboxylic acids is 1. The van der Waals surface area contributed by atoms with Crippen LogP contribution in [-0.4, -0.2) is 28.6 Å². The third kappa shape index (κ3) is 3.67. The number of pyridine rings is 1. The molecule has 0 saturated carbocycles. The van der Waals surface area contributed by atoms with Gasteiger partial charge in [0.15, 0.2) is 0 Å². The lowest BCUT2D eigenvalue weighted by molar-refractivity contribution is -0.122. The fraction of sp³-hybridized carbons (Fsp3) is 0.455. The molecular weight excluding hydrogens is 192 g/mol. The SMILES string of the molecule is CC(O)CNC(=O)C(C)c1cccnc1. The predicted octanol–water partition coefficient (Wildman–Crippen LogP) is 0.682. The zero-order valence-electron chi connectivity index (χ0n) is 8.97. The minimum atomic E-state index is -0.518. The van der Waals surface area contributed by atoms with Crippen LogP contribution in [-0.2, 0) is 4.79 Å². The topological polar surface area (TPSA) is 62.2 Å². The number of amides is 1. The van der Waals surface area contributed by atoms with Gasteiger partial charge in [-0.05, 0) is 25.5 Å². The average molecular weight is 208 g/mol. The largest absolute Gasteiger partial charge is 0.392 e. The number of aliphatic hydroxyl groups excluding tert-OH is 1. The molecule has 0 aliphatic carbocycles. The maximum atomic E-state index is 11.6. The van der Waals surface area contributed by atoms with E-state index in [1.807, 2.05) is 13.0 Å². The molecule has 0 aliphatic rings. The van der Waals surface area contributed by atoms with Crippen molar-refractivity contribution in [1.82, 2.24) is 10.3 Å². The Kier molecular flexibility index (Phi) is 4.24. The number of carbonyl (C=O) groups is 1. The standard InChI is InChI=1S/C11H16N2O2/c1-8(14)6-13-11(15)9(2)10-4-3-5-12-7-10/h3-5,7-9,14H,6H2,1-2H3,(H,13,15). The number of hydrogen-bond donors (Lipinski definition) is 2. The van der Waals surface area contributed by atoms with Gasteiger partial charge in [-0.3, -0.25) is 9.78 Å². The Bertz CT molecular complexity index is 312. The van der Waals surface area contributed by atoms with E-state index < -0.39 is 6.10 Å². The summed E-state index contributed by atoms with van der Waals surface area (Å²) in [5.41, 5.74) is 0.876. The Morgan fingerprint density at radius 2 is 2.33 bits per heavy atom. The van der Waals surface area contributed by atoms with Gasteiger partial charge < -0.3 is 10.4 Å². The number of aliphatic hydroxyl groups is 1. The Morgan fingerprint density at radius 1 is 1.60 bits per heavy atom. The van der Waals surface area contributed by atoms with Crippen LogP contribution in [0.3, 0.4) is 0 Å². The van der Waals surface area contributed by atoms with Crippen LogP contribution >= 0.6 is 0 Å². The van der Waals surface area contributed by atoms with Crippen LogP contribution in [0.25, 0.3) is 0 Å². The second-order valence-corrected chi connectivity index (χ2v) is 3.60. The summed E-state index contributed by atoms with van der Waals surface area (Å²) in [6, 6.07) is 3.66. The molecule has 0 saturated heterocycles. The molecule has 0 radical (unpaired) electrons. The van der Waals surface area contributed by atoms with E-state index in [1.165, 1.54) is 0 Å². The maximum Gasteiger partial charge on any atom is 0.227 e. The van der Waals surface area contributed by atoms with Crippen molar-refractivity contribution in [2.24, 2.45) is 0 Å². The van der Waals surface area contributed by atoms with Gasteiger partial charge in [-0.1, -0.05) is 6.07 Å². The van der Waals surface area contributed by atoms with Crippen molar-refractivity contribution >= 4 is 5.91 Å². The van der Waals surface area contributed by atoms with E-state index in [0.29, 0.717) is 0 Å². The molecule has 1 aromatic heterocycles. The summed E-state index contributed by atoms with van der Waals surface area (Å²) in [5.74, 6) is -0.332. The summed E-state index contributed by atoms with van der Waals surface area (Å²) in [6.45, 7) is 3.73. The first-order valence-corrected chi connectivity index (χ1v) is 4.97. The van der Waals surface area contributed by atoms with Crippen LogP contribution in [0.2, 0.25) is 0 Å². The first-order chi connectivity index (χ1) is 7.11. The van der Waals surface area contributed by atoms with E-state index in [1.54, 1.807) is 25.4 Å². The normalized spacial score (nSPS) is 14.3. The minimum Gasteiger partial charge on any atom is -0.392 e. The highest BCUT2D eigenvalue weighted by Crippen LogP contribution is 2.12. The lowest BCUT2D eigenvalue weighted by Crippen LogP contribution is -2.33. The summed E-state index contributed by atoms with van der Waals surface area (Å²) >= 11 is 0. The molecule has 0 aliphatic heterocycles. The van der Waals surface area contributed by atoms with Gasteiger partial charge >= 0.3 is 0 Å². The van der Waals surface area contributed by atoms with Gasteiger partial charge in [0.05, 0.1) is 12.0 Å². The molecule has 82 valence electrons. The van der Waals surface area contributed by atoms with E-state index in [4.69, 9.17) is 5.11 Å². The maximum absolute atomic E-state index is 11.6. The smallest absolute Gasteiger partial charge is 0.227 e. The highest BCUT2D eigenvalue weighted by atomic mass is 16.3.